The van der Waals surface area contributed by atoms with E-state index in [1.807, 2.05) is 81.7 Å². The third-order valence-corrected chi connectivity index (χ3v) is 14.7. The number of nitrogens with zero attached hydrogens (tertiary/aromatic N) is 7. The second-order valence-corrected chi connectivity index (χ2v) is 20.9. The van der Waals surface area contributed by atoms with Crippen molar-refractivity contribution >= 4 is 46.3 Å². The van der Waals surface area contributed by atoms with Gasteiger partial charge in [-0.1, -0.05) is 57.2 Å². The maximum absolute atomic E-state index is 14.3. The summed E-state index contributed by atoms with van der Waals surface area (Å²) in [6, 6.07) is 20.4. The van der Waals surface area contributed by atoms with Crippen molar-refractivity contribution in [3.8, 4) is 21.8 Å². The number of aromatic nitrogens is 4. The maximum atomic E-state index is 14.3. The molecule has 3 fully saturated rings. The molecule has 5 aromatic rings. The number of anilines is 2. The van der Waals surface area contributed by atoms with Gasteiger partial charge in [-0.2, -0.15) is 5.10 Å². The highest BCUT2D eigenvalue weighted by atomic mass is 32.1. The van der Waals surface area contributed by atoms with E-state index in [1.54, 1.807) is 28.5 Å². The maximum Gasteiger partial charge on any atom is 0.274 e. The molecule has 0 saturated carbocycles. The van der Waals surface area contributed by atoms with E-state index in [0.717, 1.165) is 104 Å². The molecule has 8 rings (SSSR count). The van der Waals surface area contributed by atoms with Crippen LogP contribution in [0.15, 0.2) is 78.4 Å². The van der Waals surface area contributed by atoms with E-state index in [-0.39, 0.29) is 36.1 Å². The number of aromatic amines is 1. The number of piperidine rings is 2. The summed E-state index contributed by atoms with van der Waals surface area (Å²) >= 11 is 1.61. The lowest BCUT2D eigenvalue weighted by Crippen LogP contribution is -2.58. The Kier molecular flexibility index (Phi) is 15.4. The zero-order valence-electron chi connectivity index (χ0n) is 40.4. The topological polar surface area (TPSA) is 172 Å². The molecule has 2 aromatic carbocycles. The lowest BCUT2D eigenvalue weighted by molar-refractivity contribution is -0.144. The average Bonchev–Trinajstić information content (AvgIpc) is 4.14. The quantitative estimate of drug-likeness (QED) is 0.0861. The van der Waals surface area contributed by atoms with Gasteiger partial charge in [-0.3, -0.25) is 29.2 Å². The van der Waals surface area contributed by atoms with Gasteiger partial charge >= 0.3 is 0 Å². The number of benzene rings is 2. The zero-order valence-corrected chi connectivity index (χ0v) is 41.2. The molecule has 3 aliphatic rings. The van der Waals surface area contributed by atoms with Crippen molar-refractivity contribution < 1.29 is 19.2 Å². The van der Waals surface area contributed by atoms with Crippen LogP contribution in [0.1, 0.15) is 92.5 Å². The molecule has 0 radical (unpaired) electrons. The van der Waals surface area contributed by atoms with Crippen molar-refractivity contribution in [2.24, 2.45) is 11.3 Å². The van der Waals surface area contributed by atoms with Crippen molar-refractivity contribution in [3.05, 3.63) is 101 Å². The molecule has 16 heteroatoms. The Morgan fingerprint density at radius 3 is 2.35 bits per heavy atom. The van der Waals surface area contributed by atoms with Crippen LogP contribution in [0, 0.1) is 18.3 Å². The molecule has 360 valence electrons. The van der Waals surface area contributed by atoms with Crippen molar-refractivity contribution in [3.63, 3.8) is 0 Å². The van der Waals surface area contributed by atoms with Gasteiger partial charge in [-0.25, -0.2) is 9.97 Å². The molecule has 6 heterocycles. The van der Waals surface area contributed by atoms with Gasteiger partial charge in [-0.15, -0.1) is 11.3 Å². The number of hydrogen-bond donors (Lipinski definition) is 4. The first kappa shape index (κ1) is 48.5. The van der Waals surface area contributed by atoms with Crippen LogP contribution in [-0.2, 0) is 20.9 Å². The van der Waals surface area contributed by atoms with Crippen LogP contribution in [0.3, 0.4) is 0 Å². The first-order valence-corrected chi connectivity index (χ1v) is 25.0. The second-order valence-electron chi connectivity index (χ2n) is 20.1. The highest BCUT2D eigenvalue weighted by molar-refractivity contribution is 7.13. The molecular weight excluding hydrogens is 875 g/mol. The number of pyridine rings is 1. The number of nitrogens with one attached hydrogen (secondary N) is 4. The molecule has 15 nitrogen and oxygen atoms in total. The van der Waals surface area contributed by atoms with Gasteiger partial charge in [0.1, 0.15) is 17.8 Å². The molecule has 0 aliphatic carbocycles. The number of carbonyl (C=O) groups excluding carboxylic acids is 4. The van der Waals surface area contributed by atoms with Crippen LogP contribution in [0.2, 0.25) is 0 Å². The molecule has 3 aliphatic heterocycles. The predicted octanol–water partition coefficient (Wildman–Crippen LogP) is 6.95. The van der Waals surface area contributed by atoms with Crippen LogP contribution in [0.5, 0.6) is 0 Å². The number of likely N-dealkylation sites (tertiary alicyclic amines) is 2. The number of hydrogen-bond acceptors (Lipinski definition) is 11. The number of thiazole rings is 1. The van der Waals surface area contributed by atoms with Gasteiger partial charge in [0, 0.05) is 38.9 Å². The average molecular weight is 942 g/mol. The Morgan fingerprint density at radius 1 is 0.912 bits per heavy atom. The number of H-pyrrole nitrogens is 1. The van der Waals surface area contributed by atoms with Crippen molar-refractivity contribution in [2.75, 3.05) is 70.1 Å². The summed E-state index contributed by atoms with van der Waals surface area (Å²) in [5.41, 5.74) is 9.06. The summed E-state index contributed by atoms with van der Waals surface area (Å²) in [4.78, 5) is 74.0. The summed E-state index contributed by atoms with van der Waals surface area (Å²) in [6.45, 7) is 13.2. The van der Waals surface area contributed by atoms with Gasteiger partial charge in [0.2, 0.25) is 17.7 Å². The molecule has 0 unspecified atom stereocenters. The SMILES string of the molecule is Cc1ncsc1-c1ccc(CNC(=O)[C@@H]2CCCN2C(=O)[C@@H](NC(=O)CN2CCC(c3ccc(NC(=O)c4cccc(-c5ccn[nH]5)n4)c(N4CCC(CN(C)C)CC4)c3)CC2)C(C)(C)C)cc1. The molecule has 68 heavy (non-hydrogen) atoms. The third-order valence-electron chi connectivity index (χ3n) is 13.7. The smallest absolute Gasteiger partial charge is 0.274 e. The highest BCUT2D eigenvalue weighted by Crippen LogP contribution is 2.37. The number of rotatable bonds is 15. The molecule has 4 N–H and O–H groups in total. The number of amides is 4. The number of aryl methyl sites for hydroxylation is 1. The summed E-state index contributed by atoms with van der Waals surface area (Å²) in [5.74, 6) is 0.0409. The van der Waals surface area contributed by atoms with Crippen LogP contribution < -0.4 is 20.9 Å². The minimum absolute atomic E-state index is 0.180. The van der Waals surface area contributed by atoms with Crippen LogP contribution in [0.25, 0.3) is 21.8 Å². The zero-order chi connectivity index (χ0) is 48.0. The van der Waals surface area contributed by atoms with Crippen molar-refractivity contribution in [1.82, 2.24) is 45.5 Å². The third kappa shape index (κ3) is 11.8. The number of carbonyl (C=O) groups is 4. The highest BCUT2D eigenvalue weighted by Gasteiger charge is 2.42. The Bertz CT molecular complexity index is 2520. The van der Waals surface area contributed by atoms with Gasteiger partial charge in [0.15, 0.2) is 0 Å². The second kappa shape index (κ2) is 21.5. The molecule has 0 spiro atoms. The van der Waals surface area contributed by atoms with Crippen LogP contribution >= 0.6 is 11.3 Å². The molecule has 3 aromatic heterocycles. The fourth-order valence-corrected chi connectivity index (χ4v) is 10.8. The summed E-state index contributed by atoms with van der Waals surface area (Å²) < 4.78 is 0. The molecule has 4 amide bonds. The van der Waals surface area contributed by atoms with E-state index in [0.29, 0.717) is 36.8 Å². The Balaban J connectivity index is 0.871. The van der Waals surface area contributed by atoms with E-state index in [2.05, 4.69) is 77.0 Å². The summed E-state index contributed by atoms with van der Waals surface area (Å²) in [6.07, 6.45) is 6.85. The first-order valence-electron chi connectivity index (χ1n) is 24.1. The molecule has 2 atom stereocenters. The molecular formula is C52H67N11O4S. The monoisotopic (exact) mass is 942 g/mol. The van der Waals surface area contributed by atoms with E-state index in [4.69, 9.17) is 0 Å². The fourth-order valence-electron chi connectivity index (χ4n) is 9.95. The van der Waals surface area contributed by atoms with E-state index in [9.17, 15) is 19.2 Å². The largest absolute Gasteiger partial charge is 0.370 e. The minimum Gasteiger partial charge on any atom is -0.370 e. The normalized spacial score (nSPS) is 17.9. The Morgan fingerprint density at radius 2 is 1.68 bits per heavy atom. The lowest BCUT2D eigenvalue weighted by Gasteiger charge is -2.37. The van der Waals surface area contributed by atoms with Crippen molar-refractivity contribution in [1.29, 1.82) is 0 Å². The van der Waals surface area contributed by atoms with Gasteiger partial charge in [0.25, 0.3) is 5.91 Å². The van der Waals surface area contributed by atoms with Crippen molar-refractivity contribution in [2.45, 2.75) is 90.8 Å². The Hall–Kier alpha value is -5.97. The van der Waals surface area contributed by atoms with Gasteiger partial charge in [0.05, 0.1) is 45.4 Å². The first-order chi connectivity index (χ1) is 32.7. The van der Waals surface area contributed by atoms with E-state index >= 15 is 0 Å². The van der Waals surface area contributed by atoms with Gasteiger partial charge in [-0.05, 0) is 137 Å². The minimum atomic E-state index is -0.787. The van der Waals surface area contributed by atoms with Gasteiger partial charge < -0.3 is 30.7 Å². The van der Waals surface area contributed by atoms with Crippen LogP contribution in [-0.4, -0.2) is 130 Å². The standard InChI is InChI=1S/C52H67N11O4S/c1-34-47(68-33-54-34)38-14-12-35(13-15-38)30-53-50(66)44-11-8-24-63(44)51(67)48(52(2,3)4)58-46(64)32-61-25-21-37(22-26-61)39-16-17-42(45(29-39)62-27-19-36(20-28-62)31-60(5)6)57-49(65)43-10-7-9-40(56-43)41-18-23-55-59-41/h7,9-10,12-18,23,29,33,36-37,44,48H,8,11,19-22,24-28,30-32H2,1-6H3,(H,53,66)(H,55,59)(H,57,65)(H,58,64)/t44-,48+/m0/s1. The molecule has 3 saturated heterocycles. The fraction of sp³-hybridized carbons (Fsp3) is 0.481. The summed E-state index contributed by atoms with van der Waals surface area (Å²) in [7, 11) is 4.25. The predicted molar refractivity (Wildman–Crippen MR) is 268 cm³/mol. The van der Waals surface area contributed by atoms with Crippen LogP contribution in [0.4, 0.5) is 11.4 Å². The molecule has 0 bridgehead atoms. The lowest BCUT2D eigenvalue weighted by atomic mass is 9.85. The summed E-state index contributed by atoms with van der Waals surface area (Å²) in [5, 5.41) is 16.3. The van der Waals surface area contributed by atoms with E-state index < -0.39 is 17.5 Å². The Labute approximate surface area is 404 Å². The van der Waals surface area contributed by atoms with E-state index in [1.165, 1.54) is 5.56 Å².